The Morgan fingerprint density at radius 2 is 2.36 bits per heavy atom. The lowest BCUT2D eigenvalue weighted by molar-refractivity contribution is 0.0505. The highest BCUT2D eigenvalue weighted by molar-refractivity contribution is 9.11. The highest BCUT2D eigenvalue weighted by Gasteiger charge is 2.11. The molecule has 0 aliphatic heterocycles. The van der Waals surface area contributed by atoms with Crippen molar-refractivity contribution in [2.75, 3.05) is 6.61 Å². The highest BCUT2D eigenvalue weighted by Crippen LogP contribution is 2.27. The molecule has 0 fully saturated rings. The van der Waals surface area contributed by atoms with Crippen molar-refractivity contribution < 1.29 is 9.53 Å². The molecule has 0 saturated heterocycles. The summed E-state index contributed by atoms with van der Waals surface area (Å²) in [6.07, 6.45) is 1.97. The van der Waals surface area contributed by atoms with Crippen molar-refractivity contribution in [3.63, 3.8) is 0 Å². The number of aryl methyl sites for hydroxylation is 1. The van der Waals surface area contributed by atoms with Crippen molar-refractivity contribution in [3.8, 4) is 0 Å². The minimum Gasteiger partial charge on any atom is -0.462 e. The number of thiophene rings is 1. The maximum atomic E-state index is 11.5. The molecule has 0 bridgehead atoms. The first-order valence-corrected chi connectivity index (χ1v) is 6.19. The number of rotatable bonds is 4. The van der Waals surface area contributed by atoms with Crippen LogP contribution in [0.4, 0.5) is 0 Å². The average Bonchev–Trinajstić information content (AvgIpc) is 2.47. The normalized spacial score (nSPS) is 10.2. The Kier molecular flexibility index (Phi) is 4.62. The lowest BCUT2D eigenvalue weighted by Crippen LogP contribution is -2.03. The van der Waals surface area contributed by atoms with E-state index in [-0.39, 0.29) is 5.97 Å². The summed E-state index contributed by atoms with van der Waals surface area (Å²) < 4.78 is 6.09. The van der Waals surface area contributed by atoms with Crippen LogP contribution in [-0.4, -0.2) is 12.6 Å². The molecule has 0 N–H and O–H groups in total. The molecule has 0 atom stereocenters. The summed E-state index contributed by atoms with van der Waals surface area (Å²) in [5.41, 5.74) is 1.08. The first-order valence-electron chi connectivity index (χ1n) is 4.58. The van der Waals surface area contributed by atoms with Crippen LogP contribution in [0, 0.1) is 6.92 Å². The molecule has 0 saturated carbocycles. The van der Waals surface area contributed by atoms with Crippen LogP contribution in [-0.2, 0) is 4.74 Å². The number of hydrogen-bond acceptors (Lipinski definition) is 3. The summed E-state index contributed by atoms with van der Waals surface area (Å²) in [7, 11) is 0. The van der Waals surface area contributed by atoms with E-state index in [1.54, 1.807) is 0 Å². The Labute approximate surface area is 96.4 Å². The fourth-order valence-electron chi connectivity index (χ4n) is 0.941. The van der Waals surface area contributed by atoms with Gasteiger partial charge in [0.05, 0.1) is 10.4 Å². The molecule has 1 aromatic rings. The molecule has 1 heterocycles. The summed E-state index contributed by atoms with van der Waals surface area (Å²) in [6, 6.07) is 1.85. The van der Waals surface area contributed by atoms with E-state index >= 15 is 0 Å². The molecule has 0 aliphatic rings. The van der Waals surface area contributed by atoms with Gasteiger partial charge in [0.15, 0.2) is 0 Å². The van der Waals surface area contributed by atoms with Crippen LogP contribution in [0.15, 0.2) is 9.85 Å². The van der Waals surface area contributed by atoms with Crippen molar-refractivity contribution in [1.82, 2.24) is 0 Å². The Bertz CT molecular complexity index is 300. The van der Waals surface area contributed by atoms with E-state index in [1.807, 2.05) is 13.0 Å². The molecule has 1 aromatic heterocycles. The Morgan fingerprint density at radius 1 is 1.64 bits per heavy atom. The van der Waals surface area contributed by atoms with Gasteiger partial charge < -0.3 is 4.74 Å². The minimum atomic E-state index is -0.211. The van der Waals surface area contributed by atoms with Gasteiger partial charge in [-0.05, 0) is 40.9 Å². The van der Waals surface area contributed by atoms with E-state index in [4.69, 9.17) is 4.74 Å². The monoisotopic (exact) mass is 276 g/mol. The van der Waals surface area contributed by atoms with Gasteiger partial charge in [0, 0.05) is 0 Å². The molecule has 0 amide bonds. The number of hydrogen-bond donors (Lipinski definition) is 0. The third kappa shape index (κ3) is 3.10. The van der Waals surface area contributed by atoms with Crippen molar-refractivity contribution in [2.24, 2.45) is 0 Å². The fourth-order valence-corrected chi connectivity index (χ4v) is 2.37. The number of carbonyl (C=O) groups is 1. The number of unbranched alkanes of at least 4 members (excludes halogenated alkanes) is 1. The lowest BCUT2D eigenvalue weighted by atomic mass is 10.3. The maximum Gasteiger partial charge on any atom is 0.348 e. The SMILES string of the molecule is CCCCOC(=O)c1cc(C)c(Br)s1. The number of esters is 1. The Morgan fingerprint density at radius 3 is 2.86 bits per heavy atom. The average molecular weight is 277 g/mol. The third-order valence-electron chi connectivity index (χ3n) is 1.79. The quantitative estimate of drug-likeness (QED) is 0.618. The van der Waals surface area contributed by atoms with E-state index in [2.05, 4.69) is 22.9 Å². The summed E-state index contributed by atoms with van der Waals surface area (Å²) in [4.78, 5) is 12.1. The van der Waals surface area contributed by atoms with Gasteiger partial charge in [0.1, 0.15) is 4.88 Å². The van der Waals surface area contributed by atoms with Crippen LogP contribution in [0.2, 0.25) is 0 Å². The summed E-state index contributed by atoms with van der Waals surface area (Å²) in [6.45, 7) is 4.55. The molecule has 0 unspecified atom stereocenters. The molecule has 2 nitrogen and oxygen atoms in total. The molecule has 14 heavy (non-hydrogen) atoms. The van der Waals surface area contributed by atoms with Crippen molar-refractivity contribution >= 4 is 33.2 Å². The van der Waals surface area contributed by atoms with E-state index in [9.17, 15) is 4.79 Å². The number of ether oxygens (including phenoxy) is 1. The highest BCUT2D eigenvalue weighted by atomic mass is 79.9. The fraction of sp³-hybridized carbons (Fsp3) is 0.500. The number of halogens is 1. The lowest BCUT2D eigenvalue weighted by Gasteiger charge is -2.00. The van der Waals surface area contributed by atoms with Gasteiger partial charge in [-0.15, -0.1) is 11.3 Å². The molecule has 0 spiro atoms. The summed E-state index contributed by atoms with van der Waals surface area (Å²) >= 11 is 4.80. The van der Waals surface area contributed by atoms with E-state index in [1.165, 1.54) is 11.3 Å². The second-order valence-corrected chi connectivity index (χ2v) is 5.43. The van der Waals surface area contributed by atoms with E-state index < -0.39 is 0 Å². The van der Waals surface area contributed by atoms with Gasteiger partial charge in [-0.3, -0.25) is 0 Å². The smallest absolute Gasteiger partial charge is 0.348 e. The second kappa shape index (κ2) is 5.51. The molecule has 78 valence electrons. The molecule has 0 radical (unpaired) electrons. The second-order valence-electron chi connectivity index (χ2n) is 3.06. The van der Waals surface area contributed by atoms with Crippen molar-refractivity contribution in [1.29, 1.82) is 0 Å². The largest absolute Gasteiger partial charge is 0.462 e. The van der Waals surface area contributed by atoms with Crippen molar-refractivity contribution in [2.45, 2.75) is 26.7 Å². The topological polar surface area (TPSA) is 26.3 Å². The predicted molar refractivity (Wildman–Crippen MR) is 61.9 cm³/mol. The van der Waals surface area contributed by atoms with E-state index in [0.717, 1.165) is 22.2 Å². The molecular weight excluding hydrogens is 264 g/mol. The Hall–Kier alpha value is -0.350. The molecule has 1 rings (SSSR count). The first kappa shape index (κ1) is 11.7. The summed E-state index contributed by atoms with van der Waals surface area (Å²) in [5, 5.41) is 0. The van der Waals surface area contributed by atoms with Gasteiger partial charge in [-0.2, -0.15) is 0 Å². The standard InChI is InChI=1S/C10H13BrO2S/c1-3-4-5-13-10(12)8-6-7(2)9(11)14-8/h6H,3-5H2,1-2H3. The van der Waals surface area contributed by atoms with Crippen LogP contribution in [0.5, 0.6) is 0 Å². The molecule has 0 aromatic carbocycles. The van der Waals surface area contributed by atoms with Gasteiger partial charge in [0.25, 0.3) is 0 Å². The van der Waals surface area contributed by atoms with Crippen molar-refractivity contribution in [3.05, 3.63) is 20.3 Å². The zero-order valence-corrected chi connectivity index (χ0v) is 10.7. The Balaban J connectivity index is 2.52. The van der Waals surface area contributed by atoms with Gasteiger partial charge in [-0.25, -0.2) is 4.79 Å². The maximum absolute atomic E-state index is 11.5. The first-order chi connectivity index (χ1) is 6.65. The third-order valence-corrected chi connectivity index (χ3v) is 3.91. The van der Waals surface area contributed by atoms with Crippen LogP contribution in [0.25, 0.3) is 0 Å². The van der Waals surface area contributed by atoms with E-state index in [0.29, 0.717) is 11.5 Å². The minimum absolute atomic E-state index is 0.211. The summed E-state index contributed by atoms with van der Waals surface area (Å²) in [5.74, 6) is -0.211. The number of carbonyl (C=O) groups excluding carboxylic acids is 1. The van der Waals surface area contributed by atoms with Crippen LogP contribution in [0.3, 0.4) is 0 Å². The van der Waals surface area contributed by atoms with Gasteiger partial charge in [0.2, 0.25) is 0 Å². The predicted octanol–water partition coefficient (Wildman–Crippen LogP) is 3.78. The van der Waals surface area contributed by atoms with Crippen LogP contribution in [0.1, 0.15) is 35.0 Å². The molecule has 4 heteroatoms. The van der Waals surface area contributed by atoms with Crippen LogP contribution < -0.4 is 0 Å². The van der Waals surface area contributed by atoms with Gasteiger partial charge >= 0.3 is 5.97 Å². The zero-order chi connectivity index (χ0) is 10.6. The van der Waals surface area contributed by atoms with Gasteiger partial charge in [-0.1, -0.05) is 13.3 Å². The van der Waals surface area contributed by atoms with Crippen LogP contribution >= 0.6 is 27.3 Å². The zero-order valence-electron chi connectivity index (χ0n) is 8.30. The molecule has 0 aliphatic carbocycles. The molecular formula is C10H13BrO2S.